The second-order valence-electron chi connectivity index (χ2n) is 3.28. The third-order valence-electron chi connectivity index (χ3n) is 2.17. The van der Waals surface area contributed by atoms with Crippen molar-refractivity contribution in [2.75, 3.05) is 6.54 Å². The molecule has 0 aromatic rings. The number of halogens is 1. The molecule has 0 unspecified atom stereocenters. The lowest BCUT2D eigenvalue weighted by Gasteiger charge is -2.15. The van der Waals surface area contributed by atoms with Crippen molar-refractivity contribution in [1.82, 2.24) is 4.90 Å². The Bertz CT molecular complexity index is 126. The largest absolute Gasteiger partial charge is 1.00 e. The van der Waals surface area contributed by atoms with Crippen LogP contribution in [0.5, 0.6) is 0 Å². The minimum absolute atomic E-state index is 0. The second-order valence-corrected chi connectivity index (χ2v) is 3.28. The summed E-state index contributed by atoms with van der Waals surface area (Å²) in [6.45, 7) is 3.16. The van der Waals surface area contributed by atoms with Crippen LogP contribution in [0.4, 0.5) is 0 Å². The molecule has 0 radical (unpaired) electrons. The highest BCUT2D eigenvalue weighted by molar-refractivity contribution is 5.48. The fourth-order valence-corrected chi connectivity index (χ4v) is 1.27. The van der Waals surface area contributed by atoms with E-state index in [4.69, 9.17) is 0 Å². The second kappa shape index (κ2) is 6.30. The molecule has 0 heterocycles. The molecule has 0 aromatic heterocycles. The normalized spacial score (nSPS) is 15.1. The van der Waals surface area contributed by atoms with E-state index in [1.54, 1.807) is 0 Å². The highest BCUT2D eigenvalue weighted by Crippen LogP contribution is 2.25. The van der Waals surface area contributed by atoms with E-state index in [9.17, 15) is 4.79 Å². The fourth-order valence-electron chi connectivity index (χ4n) is 1.27. The molecule has 0 atom stereocenters. The molecule has 1 aliphatic carbocycles. The van der Waals surface area contributed by atoms with Gasteiger partial charge in [0.05, 0.1) is 0 Å². The quantitative estimate of drug-likeness (QED) is 0.381. The van der Waals surface area contributed by atoms with Crippen LogP contribution >= 0.6 is 0 Å². The molecule has 0 N–H and O–H groups in total. The van der Waals surface area contributed by atoms with Gasteiger partial charge in [0.15, 0.2) is 0 Å². The Labute approximate surface area is 80.7 Å². The standard InChI is InChI=1S/C9H17NO.ClH/c1-2-3-4-7-10(8-11)9-5-6-9;/h8-9H,2-7H2,1H3;1H/p-1. The van der Waals surface area contributed by atoms with Crippen molar-refractivity contribution in [3.05, 3.63) is 0 Å². The minimum Gasteiger partial charge on any atom is -1.00 e. The Kier molecular flexibility index (Phi) is 6.17. The number of rotatable bonds is 6. The summed E-state index contributed by atoms with van der Waals surface area (Å²) < 4.78 is 0. The van der Waals surface area contributed by atoms with Gasteiger partial charge in [0.1, 0.15) is 0 Å². The van der Waals surface area contributed by atoms with Crippen LogP contribution in [0.2, 0.25) is 0 Å². The van der Waals surface area contributed by atoms with Crippen molar-refractivity contribution in [3.63, 3.8) is 0 Å². The lowest BCUT2D eigenvalue weighted by atomic mass is 10.2. The Morgan fingerprint density at radius 3 is 2.50 bits per heavy atom. The Hall–Kier alpha value is -0.240. The van der Waals surface area contributed by atoms with Crippen molar-refractivity contribution >= 4 is 6.41 Å². The summed E-state index contributed by atoms with van der Waals surface area (Å²) in [5.74, 6) is 0. The molecule has 0 aliphatic heterocycles. The zero-order valence-corrected chi connectivity index (χ0v) is 8.39. The zero-order chi connectivity index (χ0) is 8.10. The number of hydrogen-bond donors (Lipinski definition) is 0. The van der Waals surface area contributed by atoms with Gasteiger partial charge in [-0.2, -0.15) is 0 Å². The van der Waals surface area contributed by atoms with Gasteiger partial charge in [0, 0.05) is 12.6 Å². The highest BCUT2D eigenvalue weighted by Gasteiger charge is 2.27. The minimum atomic E-state index is 0. The molecule has 0 spiro atoms. The number of carbonyl (C=O) groups excluding carboxylic acids is 1. The summed E-state index contributed by atoms with van der Waals surface area (Å²) in [6.07, 6.45) is 7.11. The Morgan fingerprint density at radius 1 is 1.42 bits per heavy atom. The molecule has 1 fully saturated rings. The maximum absolute atomic E-state index is 10.5. The van der Waals surface area contributed by atoms with Crippen molar-refractivity contribution in [1.29, 1.82) is 0 Å². The lowest BCUT2D eigenvalue weighted by Crippen LogP contribution is -3.00. The summed E-state index contributed by atoms with van der Waals surface area (Å²) >= 11 is 0. The molecule has 0 aromatic carbocycles. The van der Waals surface area contributed by atoms with Crippen LogP contribution in [0, 0.1) is 0 Å². The van der Waals surface area contributed by atoms with Crippen LogP contribution in [0.15, 0.2) is 0 Å². The van der Waals surface area contributed by atoms with E-state index in [2.05, 4.69) is 6.92 Å². The van der Waals surface area contributed by atoms with E-state index in [1.807, 2.05) is 4.90 Å². The van der Waals surface area contributed by atoms with Crippen molar-refractivity contribution in [3.8, 4) is 0 Å². The number of amides is 1. The number of carbonyl (C=O) groups is 1. The van der Waals surface area contributed by atoms with E-state index in [-0.39, 0.29) is 12.4 Å². The maximum Gasteiger partial charge on any atom is 0.209 e. The van der Waals surface area contributed by atoms with Crippen LogP contribution in [-0.2, 0) is 4.79 Å². The van der Waals surface area contributed by atoms with E-state index >= 15 is 0 Å². The molecule has 12 heavy (non-hydrogen) atoms. The van der Waals surface area contributed by atoms with E-state index in [0.717, 1.165) is 13.0 Å². The summed E-state index contributed by atoms with van der Waals surface area (Å²) in [5, 5.41) is 0. The van der Waals surface area contributed by atoms with Gasteiger partial charge in [-0.1, -0.05) is 19.8 Å². The zero-order valence-electron chi connectivity index (χ0n) is 7.63. The summed E-state index contributed by atoms with van der Waals surface area (Å²) in [7, 11) is 0. The number of nitrogens with zero attached hydrogens (tertiary/aromatic N) is 1. The first-order valence-corrected chi connectivity index (χ1v) is 4.59. The monoisotopic (exact) mass is 190 g/mol. The molecule has 1 aliphatic rings. The average molecular weight is 191 g/mol. The molecular weight excluding hydrogens is 174 g/mol. The predicted molar refractivity (Wildman–Crippen MR) is 45.3 cm³/mol. The smallest absolute Gasteiger partial charge is 0.209 e. The summed E-state index contributed by atoms with van der Waals surface area (Å²) in [6, 6.07) is 0.601. The molecule has 0 saturated heterocycles. The van der Waals surface area contributed by atoms with E-state index < -0.39 is 0 Å². The van der Waals surface area contributed by atoms with Crippen LogP contribution < -0.4 is 12.4 Å². The van der Waals surface area contributed by atoms with Crippen molar-refractivity contribution in [2.45, 2.75) is 45.1 Å². The first-order chi connectivity index (χ1) is 5.38. The molecule has 1 amide bonds. The van der Waals surface area contributed by atoms with Crippen molar-refractivity contribution < 1.29 is 17.2 Å². The van der Waals surface area contributed by atoms with E-state index in [1.165, 1.54) is 32.1 Å². The first-order valence-electron chi connectivity index (χ1n) is 4.59. The molecular formula is C9H17ClNO-. The van der Waals surface area contributed by atoms with Gasteiger partial charge in [-0.15, -0.1) is 0 Å². The maximum atomic E-state index is 10.5. The summed E-state index contributed by atoms with van der Waals surface area (Å²) in [4.78, 5) is 12.5. The fraction of sp³-hybridized carbons (Fsp3) is 0.889. The third-order valence-corrected chi connectivity index (χ3v) is 2.17. The third kappa shape index (κ3) is 3.96. The molecule has 1 rings (SSSR count). The molecule has 3 heteroatoms. The van der Waals surface area contributed by atoms with Gasteiger partial charge < -0.3 is 17.3 Å². The van der Waals surface area contributed by atoms with Crippen LogP contribution in [0.3, 0.4) is 0 Å². The van der Waals surface area contributed by atoms with Gasteiger partial charge >= 0.3 is 0 Å². The molecule has 72 valence electrons. The Balaban J connectivity index is 0.00000121. The van der Waals surface area contributed by atoms with Gasteiger partial charge in [-0.3, -0.25) is 4.79 Å². The molecule has 0 bridgehead atoms. The highest BCUT2D eigenvalue weighted by atomic mass is 35.5. The SMILES string of the molecule is CCCCCN(C=O)C1CC1.[Cl-]. The number of hydrogen-bond acceptors (Lipinski definition) is 1. The van der Waals surface area contributed by atoms with Crippen LogP contribution in [0.1, 0.15) is 39.0 Å². The van der Waals surface area contributed by atoms with Gasteiger partial charge in [0.2, 0.25) is 6.41 Å². The van der Waals surface area contributed by atoms with Gasteiger partial charge in [-0.05, 0) is 19.3 Å². The number of unbranched alkanes of at least 4 members (excludes halogenated alkanes) is 2. The van der Waals surface area contributed by atoms with Gasteiger partial charge in [-0.25, -0.2) is 0 Å². The van der Waals surface area contributed by atoms with Crippen LogP contribution in [-0.4, -0.2) is 23.9 Å². The molecule has 2 nitrogen and oxygen atoms in total. The Morgan fingerprint density at radius 2 is 2.08 bits per heavy atom. The lowest BCUT2D eigenvalue weighted by molar-refractivity contribution is -0.118. The first kappa shape index (κ1) is 11.8. The topological polar surface area (TPSA) is 20.3 Å². The summed E-state index contributed by atoms with van der Waals surface area (Å²) in [5.41, 5.74) is 0. The predicted octanol–water partition coefficient (Wildman–Crippen LogP) is -1.20. The average Bonchev–Trinajstić information content (AvgIpc) is 2.81. The van der Waals surface area contributed by atoms with Crippen molar-refractivity contribution in [2.24, 2.45) is 0 Å². The molecule has 1 saturated carbocycles. The van der Waals surface area contributed by atoms with Crippen LogP contribution in [0.25, 0.3) is 0 Å². The van der Waals surface area contributed by atoms with Gasteiger partial charge in [0.25, 0.3) is 0 Å². The van der Waals surface area contributed by atoms with E-state index in [0.29, 0.717) is 6.04 Å².